The van der Waals surface area contributed by atoms with Crippen molar-refractivity contribution in [3.05, 3.63) is 44.8 Å². The van der Waals surface area contributed by atoms with Crippen LogP contribution in [0.25, 0.3) is 0 Å². The average molecular weight is 587 g/mol. The number of rotatable bonds is 4. The largest absolute Gasteiger partial charge is 0.348 e. The first-order valence-corrected chi connectivity index (χ1v) is 13.2. The average Bonchev–Trinajstić information content (AvgIpc) is 3.26. The van der Waals surface area contributed by atoms with Gasteiger partial charge < -0.3 is 20.1 Å². The number of piperidine rings is 1. The summed E-state index contributed by atoms with van der Waals surface area (Å²) in [6, 6.07) is 5.37. The summed E-state index contributed by atoms with van der Waals surface area (Å²) in [5, 5.41) is 6.22. The third kappa shape index (κ3) is 5.35. The Morgan fingerprint density at radius 2 is 1.91 bits per heavy atom. The number of nitrogens with zero attached hydrogens (tertiary/aromatic N) is 2. The molecule has 2 fully saturated rings. The Morgan fingerprint density at radius 1 is 1.21 bits per heavy atom. The van der Waals surface area contributed by atoms with E-state index in [2.05, 4.69) is 10.6 Å². The molecule has 3 heterocycles. The van der Waals surface area contributed by atoms with E-state index in [1.54, 1.807) is 18.2 Å². The first-order valence-electron chi connectivity index (χ1n) is 10.9. The molecule has 1 saturated carbocycles. The van der Waals surface area contributed by atoms with Crippen molar-refractivity contribution in [3.8, 4) is 0 Å². The summed E-state index contributed by atoms with van der Waals surface area (Å²) in [4.78, 5) is 27.3. The van der Waals surface area contributed by atoms with Crippen LogP contribution in [0, 0.1) is 23.2 Å². The van der Waals surface area contributed by atoms with Crippen LogP contribution in [0.5, 0.6) is 0 Å². The van der Waals surface area contributed by atoms with Crippen molar-refractivity contribution in [2.24, 2.45) is 23.2 Å². The summed E-state index contributed by atoms with van der Waals surface area (Å²) < 4.78 is 0.122. The number of alkyl halides is 3. The predicted octanol–water partition coefficient (Wildman–Crippen LogP) is 4.55. The molecule has 1 aromatic heterocycles. The third-order valence-corrected chi connectivity index (χ3v) is 8.43. The highest BCUT2D eigenvalue weighted by atomic mass is 35.6. The quantitative estimate of drug-likeness (QED) is 0.308. The summed E-state index contributed by atoms with van der Waals surface area (Å²) in [5.41, 5.74) is 0.704. The Kier molecular flexibility index (Phi) is 7.47. The van der Waals surface area contributed by atoms with E-state index in [9.17, 15) is 9.59 Å². The van der Waals surface area contributed by atoms with Crippen LogP contribution in [-0.2, 0) is 11.3 Å². The number of hydrogen-bond acceptors (Lipinski definition) is 3. The molecule has 1 saturated heterocycles. The fraction of sp³-hybridized carbons (Fsp3) is 0.591. The molecule has 12 heteroatoms. The summed E-state index contributed by atoms with van der Waals surface area (Å²) in [7, 11) is 0. The highest BCUT2D eigenvalue weighted by Gasteiger charge is 2.61. The van der Waals surface area contributed by atoms with Crippen LogP contribution in [0.4, 0.5) is 0 Å². The van der Waals surface area contributed by atoms with E-state index in [0.29, 0.717) is 24.7 Å². The lowest BCUT2D eigenvalue weighted by molar-refractivity contribution is -0.123. The maximum absolute atomic E-state index is 13.0. The van der Waals surface area contributed by atoms with Gasteiger partial charge in [0, 0.05) is 37.3 Å². The topological polar surface area (TPSA) is 66.4 Å². The molecule has 1 aromatic rings. The van der Waals surface area contributed by atoms with Crippen molar-refractivity contribution in [2.75, 3.05) is 13.1 Å². The number of amides is 1. The van der Waals surface area contributed by atoms with Crippen molar-refractivity contribution in [1.29, 1.82) is 0 Å². The summed E-state index contributed by atoms with van der Waals surface area (Å²) in [5.74, 6) is -0.329. The van der Waals surface area contributed by atoms with Gasteiger partial charge in [0.25, 0.3) is 5.56 Å². The minimum Gasteiger partial charge on any atom is -0.348 e. The molecule has 6 nitrogen and oxygen atoms in total. The number of carbonyl (C=O) groups is 1. The molecule has 2 N–H and O–H groups in total. The lowest BCUT2D eigenvalue weighted by Gasteiger charge is -2.44. The Morgan fingerprint density at radius 3 is 2.56 bits per heavy atom. The van der Waals surface area contributed by atoms with Crippen LogP contribution >= 0.6 is 70.2 Å². The second-order valence-electron chi connectivity index (χ2n) is 9.82. The fourth-order valence-electron chi connectivity index (χ4n) is 5.33. The second-order valence-corrected chi connectivity index (χ2v) is 13.6. The van der Waals surface area contributed by atoms with E-state index < -0.39 is 9.96 Å². The van der Waals surface area contributed by atoms with Crippen LogP contribution in [0.15, 0.2) is 33.6 Å². The van der Waals surface area contributed by atoms with Gasteiger partial charge in [0.05, 0.1) is 5.92 Å². The molecule has 34 heavy (non-hydrogen) atoms. The zero-order chi connectivity index (χ0) is 25.0. The molecule has 2 aliphatic heterocycles. The molecule has 0 unspecified atom stereocenters. The number of nitrogens with one attached hydrogen (secondary N) is 2. The van der Waals surface area contributed by atoms with E-state index in [-0.39, 0.29) is 45.0 Å². The van der Waals surface area contributed by atoms with E-state index >= 15 is 0 Å². The van der Waals surface area contributed by atoms with Gasteiger partial charge in [-0.25, -0.2) is 0 Å². The van der Waals surface area contributed by atoms with Crippen molar-refractivity contribution in [3.63, 3.8) is 0 Å². The van der Waals surface area contributed by atoms with Gasteiger partial charge in [-0.3, -0.25) is 9.59 Å². The Labute approximate surface area is 228 Å². The molecule has 0 spiro atoms. The number of fused-ring (bicyclic) bond motifs is 4. The highest BCUT2D eigenvalue weighted by molar-refractivity contribution is 7.80. The number of carbonyl (C=O) groups excluding carboxylic acids is 1. The molecule has 186 valence electrons. The van der Waals surface area contributed by atoms with Crippen molar-refractivity contribution < 1.29 is 4.79 Å². The molecule has 0 radical (unpaired) electrons. The van der Waals surface area contributed by atoms with E-state index in [1.165, 1.54) is 0 Å². The van der Waals surface area contributed by atoms with Crippen molar-refractivity contribution in [2.45, 2.75) is 42.7 Å². The highest BCUT2D eigenvalue weighted by Crippen LogP contribution is 2.59. The zero-order valence-electron chi connectivity index (χ0n) is 18.5. The summed E-state index contributed by atoms with van der Waals surface area (Å²) in [6.45, 7) is 5.84. The SMILES string of the molecule is CC1(C)[C@H](C(=O)N[C@H](NC(=S)N2C[C@@H]3C[C@H](C2)c2cccc(=O)n2C3)C(Cl)(Cl)Cl)[C@@H]1C=C(Cl)Cl. The number of aromatic nitrogens is 1. The minimum absolute atomic E-state index is 0.0203. The number of hydrogen-bond donors (Lipinski definition) is 2. The Hall–Kier alpha value is -0.700. The lowest BCUT2D eigenvalue weighted by Crippen LogP contribution is -2.60. The van der Waals surface area contributed by atoms with Gasteiger partial charge in [-0.2, -0.15) is 0 Å². The van der Waals surface area contributed by atoms with E-state index in [1.807, 2.05) is 29.4 Å². The fourth-order valence-corrected chi connectivity index (χ4v) is 6.20. The summed E-state index contributed by atoms with van der Waals surface area (Å²) >= 11 is 35.9. The van der Waals surface area contributed by atoms with Crippen molar-refractivity contribution in [1.82, 2.24) is 20.1 Å². The number of pyridine rings is 1. The predicted molar refractivity (Wildman–Crippen MR) is 142 cm³/mol. The van der Waals surface area contributed by atoms with Crippen LogP contribution in [0.3, 0.4) is 0 Å². The smallest absolute Gasteiger partial charge is 0.250 e. The van der Waals surface area contributed by atoms with Crippen LogP contribution in [0.2, 0.25) is 0 Å². The molecule has 1 amide bonds. The first kappa shape index (κ1) is 26.4. The zero-order valence-corrected chi connectivity index (χ0v) is 23.1. The Bertz CT molecular complexity index is 1080. The number of allylic oxidation sites excluding steroid dienone is 1. The standard InChI is InChI=1S/C22H25Cl5N4O2S/c1-21(2)13(7-15(23)24)17(21)18(33)28-19(22(25,26)27)29-20(34)30-8-11-6-12(10-30)14-4-3-5-16(32)31(14)9-11/h3-5,7,11-13,17,19H,6,8-10H2,1-2H3,(H,28,33)(H,29,34)/t11-,12+,13-,17-,19+/m0/s1. The monoisotopic (exact) mass is 584 g/mol. The van der Waals surface area contributed by atoms with Gasteiger partial charge in [0.15, 0.2) is 5.11 Å². The van der Waals surface area contributed by atoms with Gasteiger partial charge in [0.2, 0.25) is 9.70 Å². The van der Waals surface area contributed by atoms with Gasteiger partial charge in [-0.15, -0.1) is 0 Å². The lowest BCUT2D eigenvalue weighted by atomic mass is 9.83. The third-order valence-electron chi connectivity index (χ3n) is 7.15. The molecule has 2 bridgehead atoms. The molecule has 5 atom stereocenters. The molecule has 0 aromatic carbocycles. The summed E-state index contributed by atoms with van der Waals surface area (Å²) in [6.07, 6.45) is 1.61. The molecular weight excluding hydrogens is 562 g/mol. The molecule has 3 aliphatic rings. The normalized spacial score (nSPS) is 27.8. The second kappa shape index (κ2) is 9.64. The van der Waals surface area contributed by atoms with Crippen LogP contribution in [-0.4, -0.2) is 43.5 Å². The van der Waals surface area contributed by atoms with Gasteiger partial charge in [-0.1, -0.05) is 77.9 Å². The van der Waals surface area contributed by atoms with E-state index in [4.69, 9.17) is 70.2 Å². The molecule has 4 rings (SSSR count). The maximum atomic E-state index is 13.0. The number of thiocarbonyl (C=S) groups is 1. The van der Waals surface area contributed by atoms with E-state index in [0.717, 1.165) is 12.1 Å². The molecule has 1 aliphatic carbocycles. The number of likely N-dealkylation sites (tertiary alicyclic amines) is 1. The van der Waals surface area contributed by atoms with Crippen LogP contribution in [0.1, 0.15) is 31.9 Å². The molecular formula is C22H25Cl5N4O2S. The maximum Gasteiger partial charge on any atom is 0.250 e. The van der Waals surface area contributed by atoms with Gasteiger partial charge in [-0.05, 0) is 48.0 Å². The van der Waals surface area contributed by atoms with Crippen LogP contribution < -0.4 is 16.2 Å². The van der Waals surface area contributed by atoms with Crippen molar-refractivity contribution >= 4 is 81.2 Å². The Balaban J connectivity index is 1.45. The van der Waals surface area contributed by atoms with Gasteiger partial charge >= 0.3 is 0 Å². The minimum atomic E-state index is -1.85. The first-order chi connectivity index (χ1) is 15.8. The van der Waals surface area contributed by atoms with Gasteiger partial charge in [0.1, 0.15) is 10.7 Å². The number of halogens is 5.